The molecular weight excluding hydrogens is 306 g/mol. The zero-order valence-electron chi connectivity index (χ0n) is 13.7. The molecular formula is C16H19N7O. The zero-order valence-corrected chi connectivity index (χ0v) is 13.7. The number of hydrogen-bond donors (Lipinski definition) is 0. The minimum Gasteiger partial charge on any atom is -0.331 e. The van der Waals surface area contributed by atoms with Crippen molar-refractivity contribution < 1.29 is 4.79 Å². The fourth-order valence-electron chi connectivity index (χ4n) is 3.46. The van der Waals surface area contributed by atoms with E-state index < -0.39 is 6.04 Å². The SMILES string of the molecule is CC(C(=O)N1CCCC1c1nc2ccccc2n1C)n1cnnn1. The number of fused-ring (bicyclic) bond motifs is 1. The lowest BCUT2D eigenvalue weighted by atomic mass is 10.2. The predicted molar refractivity (Wildman–Crippen MR) is 86.9 cm³/mol. The highest BCUT2D eigenvalue weighted by Crippen LogP contribution is 2.34. The molecule has 1 amide bonds. The predicted octanol–water partition coefficient (Wildman–Crippen LogP) is 1.48. The number of tetrazole rings is 1. The molecule has 8 nitrogen and oxygen atoms in total. The molecule has 4 rings (SSSR count). The minimum absolute atomic E-state index is 0.00571. The average Bonchev–Trinajstić information content (AvgIpc) is 3.34. The van der Waals surface area contributed by atoms with E-state index >= 15 is 0 Å². The van der Waals surface area contributed by atoms with Crippen molar-refractivity contribution in [2.24, 2.45) is 7.05 Å². The first-order valence-corrected chi connectivity index (χ1v) is 8.11. The van der Waals surface area contributed by atoms with Gasteiger partial charge in [-0.15, -0.1) is 5.10 Å². The van der Waals surface area contributed by atoms with Gasteiger partial charge in [-0.1, -0.05) is 12.1 Å². The highest BCUT2D eigenvalue weighted by molar-refractivity contribution is 5.81. The van der Waals surface area contributed by atoms with Crippen LogP contribution in [0.15, 0.2) is 30.6 Å². The topological polar surface area (TPSA) is 81.7 Å². The lowest BCUT2D eigenvalue weighted by Gasteiger charge is -2.26. The van der Waals surface area contributed by atoms with Crippen LogP contribution in [0.25, 0.3) is 11.0 Å². The van der Waals surface area contributed by atoms with Crippen LogP contribution in [0.2, 0.25) is 0 Å². The fraction of sp³-hybridized carbons (Fsp3) is 0.438. The lowest BCUT2D eigenvalue weighted by Crippen LogP contribution is -2.36. The van der Waals surface area contributed by atoms with Crippen LogP contribution in [0.1, 0.15) is 37.7 Å². The summed E-state index contributed by atoms with van der Waals surface area (Å²) in [6.07, 6.45) is 3.37. The molecule has 2 unspecified atom stereocenters. The number of nitrogens with zero attached hydrogens (tertiary/aromatic N) is 7. The maximum Gasteiger partial charge on any atom is 0.247 e. The number of hydrogen-bond acceptors (Lipinski definition) is 5. The number of para-hydroxylation sites is 2. The average molecular weight is 325 g/mol. The quantitative estimate of drug-likeness (QED) is 0.728. The van der Waals surface area contributed by atoms with Crippen LogP contribution in [-0.2, 0) is 11.8 Å². The first-order chi connectivity index (χ1) is 11.7. The molecule has 2 aromatic heterocycles. The van der Waals surface area contributed by atoms with E-state index in [2.05, 4.69) is 26.2 Å². The Bertz CT molecular complexity index is 870. The molecule has 1 saturated heterocycles. The van der Waals surface area contributed by atoms with Gasteiger partial charge in [-0.25, -0.2) is 9.67 Å². The van der Waals surface area contributed by atoms with Crippen molar-refractivity contribution >= 4 is 16.9 Å². The van der Waals surface area contributed by atoms with E-state index in [0.717, 1.165) is 36.2 Å². The van der Waals surface area contributed by atoms with Crippen molar-refractivity contribution in [3.63, 3.8) is 0 Å². The van der Waals surface area contributed by atoms with E-state index in [0.29, 0.717) is 0 Å². The van der Waals surface area contributed by atoms with Gasteiger partial charge in [-0.3, -0.25) is 4.79 Å². The Hall–Kier alpha value is -2.77. The summed E-state index contributed by atoms with van der Waals surface area (Å²) in [5.74, 6) is 0.961. The molecule has 1 fully saturated rings. The van der Waals surface area contributed by atoms with E-state index in [1.54, 1.807) is 0 Å². The number of aryl methyl sites for hydroxylation is 1. The van der Waals surface area contributed by atoms with Gasteiger partial charge in [0.15, 0.2) is 0 Å². The number of benzene rings is 1. The highest BCUT2D eigenvalue weighted by Gasteiger charge is 2.35. The Kier molecular flexibility index (Phi) is 3.51. The molecule has 2 atom stereocenters. The van der Waals surface area contributed by atoms with E-state index in [9.17, 15) is 4.79 Å². The lowest BCUT2D eigenvalue weighted by molar-refractivity contribution is -0.135. The van der Waals surface area contributed by atoms with Crippen LogP contribution >= 0.6 is 0 Å². The first-order valence-electron chi connectivity index (χ1n) is 8.11. The molecule has 0 N–H and O–H groups in total. The molecule has 8 heteroatoms. The third kappa shape index (κ3) is 2.26. The molecule has 3 aromatic rings. The number of rotatable bonds is 3. The van der Waals surface area contributed by atoms with Crippen molar-refractivity contribution in [2.75, 3.05) is 6.54 Å². The summed E-state index contributed by atoms with van der Waals surface area (Å²) in [4.78, 5) is 19.6. The van der Waals surface area contributed by atoms with Crippen molar-refractivity contribution in [1.29, 1.82) is 0 Å². The largest absolute Gasteiger partial charge is 0.331 e. The second kappa shape index (κ2) is 5.70. The van der Waals surface area contributed by atoms with Gasteiger partial charge >= 0.3 is 0 Å². The molecule has 0 spiro atoms. The minimum atomic E-state index is -0.421. The molecule has 124 valence electrons. The van der Waals surface area contributed by atoms with Crippen LogP contribution in [0.5, 0.6) is 0 Å². The second-order valence-electron chi connectivity index (χ2n) is 6.17. The van der Waals surface area contributed by atoms with Gasteiger partial charge in [0.05, 0.1) is 17.1 Å². The summed E-state index contributed by atoms with van der Waals surface area (Å²) in [5, 5.41) is 11.1. The van der Waals surface area contributed by atoms with Gasteiger partial charge in [-0.05, 0) is 42.3 Å². The molecule has 1 aromatic carbocycles. The number of likely N-dealkylation sites (tertiary alicyclic amines) is 1. The Morgan fingerprint density at radius 3 is 2.92 bits per heavy atom. The van der Waals surface area contributed by atoms with E-state index in [4.69, 9.17) is 4.98 Å². The van der Waals surface area contributed by atoms with Crippen molar-refractivity contribution in [3.8, 4) is 0 Å². The van der Waals surface area contributed by atoms with Gasteiger partial charge < -0.3 is 9.47 Å². The first kappa shape index (κ1) is 14.8. The number of aromatic nitrogens is 6. The molecule has 3 heterocycles. The number of carbonyl (C=O) groups excluding carboxylic acids is 1. The van der Waals surface area contributed by atoms with E-state index in [1.807, 2.05) is 37.1 Å². The summed E-state index contributed by atoms with van der Waals surface area (Å²) >= 11 is 0. The van der Waals surface area contributed by atoms with Gasteiger partial charge in [-0.2, -0.15) is 0 Å². The summed E-state index contributed by atoms with van der Waals surface area (Å²) in [5.41, 5.74) is 2.04. The normalized spacial score (nSPS) is 19.1. The molecule has 1 aliphatic rings. The fourth-order valence-corrected chi connectivity index (χ4v) is 3.46. The molecule has 0 saturated carbocycles. The van der Waals surface area contributed by atoms with Crippen LogP contribution in [0, 0.1) is 0 Å². The zero-order chi connectivity index (χ0) is 16.7. The van der Waals surface area contributed by atoms with Crippen LogP contribution in [0.3, 0.4) is 0 Å². The maximum absolute atomic E-state index is 12.9. The van der Waals surface area contributed by atoms with Crippen molar-refractivity contribution in [2.45, 2.75) is 31.8 Å². The van der Waals surface area contributed by atoms with Gasteiger partial charge in [0.1, 0.15) is 18.2 Å². The van der Waals surface area contributed by atoms with Gasteiger partial charge in [0.2, 0.25) is 5.91 Å². The van der Waals surface area contributed by atoms with Crippen molar-refractivity contribution in [3.05, 3.63) is 36.4 Å². The smallest absolute Gasteiger partial charge is 0.247 e. The Morgan fingerprint density at radius 2 is 2.17 bits per heavy atom. The van der Waals surface area contributed by atoms with Crippen LogP contribution < -0.4 is 0 Å². The Labute approximate surface area is 139 Å². The number of amides is 1. The van der Waals surface area contributed by atoms with E-state index in [1.165, 1.54) is 11.0 Å². The number of carbonyl (C=O) groups is 1. The molecule has 0 bridgehead atoms. The van der Waals surface area contributed by atoms with E-state index in [-0.39, 0.29) is 11.9 Å². The number of imidazole rings is 1. The summed E-state index contributed by atoms with van der Waals surface area (Å²) in [6, 6.07) is 7.62. The summed E-state index contributed by atoms with van der Waals surface area (Å²) in [7, 11) is 2.01. The standard InChI is InChI=1S/C16H19N7O/c1-11(23-10-17-19-20-23)16(24)22-9-5-8-14(22)15-18-12-6-3-4-7-13(12)21(15)2/h3-4,6-7,10-11,14H,5,8-9H2,1-2H3. The second-order valence-corrected chi connectivity index (χ2v) is 6.17. The summed E-state index contributed by atoms with van der Waals surface area (Å²) < 4.78 is 3.58. The summed E-state index contributed by atoms with van der Waals surface area (Å²) in [6.45, 7) is 2.56. The van der Waals surface area contributed by atoms with Crippen molar-refractivity contribution in [1.82, 2.24) is 34.7 Å². The highest BCUT2D eigenvalue weighted by atomic mass is 16.2. The van der Waals surface area contributed by atoms with Crippen LogP contribution in [-0.4, -0.2) is 47.1 Å². The van der Waals surface area contributed by atoms with Crippen LogP contribution in [0.4, 0.5) is 0 Å². The maximum atomic E-state index is 12.9. The Morgan fingerprint density at radius 1 is 1.33 bits per heavy atom. The van der Waals surface area contributed by atoms with Gasteiger partial charge in [0, 0.05) is 13.6 Å². The Balaban J connectivity index is 1.67. The molecule has 24 heavy (non-hydrogen) atoms. The van der Waals surface area contributed by atoms with Gasteiger partial charge in [0.25, 0.3) is 0 Å². The molecule has 1 aliphatic heterocycles. The molecule has 0 aliphatic carbocycles. The molecule has 0 radical (unpaired) electrons. The third-order valence-corrected chi connectivity index (χ3v) is 4.77. The third-order valence-electron chi connectivity index (χ3n) is 4.77. The monoisotopic (exact) mass is 325 g/mol.